The molecule has 0 aromatic rings. The van der Waals surface area contributed by atoms with Crippen molar-refractivity contribution in [2.75, 3.05) is 13.1 Å². The Balaban J connectivity index is 1.39. The lowest BCUT2D eigenvalue weighted by Crippen LogP contribution is -2.46. The molecule has 3 aliphatic rings. The maximum atomic E-state index is 4.01. The minimum atomic E-state index is 0.811. The average Bonchev–Trinajstić information content (AvgIpc) is 3.26. The van der Waals surface area contributed by atoms with E-state index in [0.29, 0.717) is 0 Å². The van der Waals surface area contributed by atoms with Crippen molar-refractivity contribution >= 4 is 0 Å². The Hall–Kier alpha value is -0.0800. The molecule has 20 heavy (non-hydrogen) atoms. The van der Waals surface area contributed by atoms with Gasteiger partial charge < -0.3 is 10.2 Å². The summed E-state index contributed by atoms with van der Waals surface area (Å²) in [5.74, 6) is 1.87. The molecule has 1 N–H and O–H groups in total. The highest BCUT2D eigenvalue weighted by Crippen LogP contribution is 2.31. The molecule has 116 valence electrons. The van der Waals surface area contributed by atoms with Gasteiger partial charge in [0.1, 0.15) is 0 Å². The van der Waals surface area contributed by atoms with E-state index in [4.69, 9.17) is 0 Å². The number of nitrogens with one attached hydrogen (secondary N) is 1. The summed E-state index contributed by atoms with van der Waals surface area (Å²) in [5.41, 5.74) is 0. The molecule has 3 rings (SSSR count). The molecule has 1 aliphatic heterocycles. The van der Waals surface area contributed by atoms with Crippen LogP contribution in [0.25, 0.3) is 0 Å². The van der Waals surface area contributed by atoms with Gasteiger partial charge in [-0.05, 0) is 69.9 Å². The smallest absolute Gasteiger partial charge is 0.00964 e. The van der Waals surface area contributed by atoms with Gasteiger partial charge in [-0.3, -0.25) is 0 Å². The highest BCUT2D eigenvalue weighted by molar-refractivity contribution is 4.90. The molecule has 0 spiro atoms. The monoisotopic (exact) mass is 278 g/mol. The van der Waals surface area contributed by atoms with Gasteiger partial charge >= 0.3 is 0 Å². The summed E-state index contributed by atoms with van der Waals surface area (Å²) < 4.78 is 0. The highest BCUT2D eigenvalue weighted by atomic mass is 15.2. The summed E-state index contributed by atoms with van der Waals surface area (Å²) >= 11 is 0. The number of hydrogen-bond donors (Lipinski definition) is 1. The van der Waals surface area contributed by atoms with E-state index in [9.17, 15) is 0 Å². The van der Waals surface area contributed by atoms with Crippen LogP contribution < -0.4 is 5.32 Å². The van der Waals surface area contributed by atoms with Gasteiger partial charge in [-0.25, -0.2) is 0 Å². The molecule has 2 unspecified atom stereocenters. The van der Waals surface area contributed by atoms with Crippen molar-refractivity contribution in [3.63, 3.8) is 0 Å². The predicted octanol–water partition coefficient (Wildman–Crippen LogP) is 3.81. The van der Waals surface area contributed by atoms with E-state index < -0.39 is 0 Å². The predicted molar refractivity (Wildman–Crippen MR) is 86.0 cm³/mol. The van der Waals surface area contributed by atoms with Crippen LogP contribution >= 0.6 is 0 Å². The maximum absolute atomic E-state index is 4.01. The van der Waals surface area contributed by atoms with Crippen molar-refractivity contribution < 1.29 is 0 Å². The van der Waals surface area contributed by atoms with Gasteiger partial charge in [0.05, 0.1) is 0 Å². The molecule has 2 nitrogen and oxygen atoms in total. The van der Waals surface area contributed by atoms with Gasteiger partial charge in [0.25, 0.3) is 0 Å². The molecule has 1 saturated heterocycles. The Morgan fingerprint density at radius 2 is 1.50 bits per heavy atom. The van der Waals surface area contributed by atoms with Crippen LogP contribution in [0.5, 0.6) is 0 Å². The summed E-state index contributed by atoms with van der Waals surface area (Å²) in [6.45, 7) is 7.52. The van der Waals surface area contributed by atoms with Crippen molar-refractivity contribution in [2.24, 2.45) is 11.8 Å². The molecular formula is C18H34N2. The lowest BCUT2D eigenvalue weighted by molar-refractivity contribution is 0.180. The third-order valence-corrected chi connectivity index (χ3v) is 6.02. The van der Waals surface area contributed by atoms with Crippen LogP contribution in [-0.2, 0) is 0 Å². The zero-order chi connectivity index (χ0) is 13.9. The minimum Gasteiger partial charge on any atom is -0.311 e. The second-order valence-corrected chi connectivity index (χ2v) is 7.92. The van der Waals surface area contributed by atoms with Gasteiger partial charge in [-0.1, -0.05) is 26.7 Å². The Morgan fingerprint density at radius 1 is 0.800 bits per heavy atom. The summed E-state index contributed by atoms with van der Waals surface area (Å²) in [6.07, 6.45) is 12.9. The van der Waals surface area contributed by atoms with Gasteiger partial charge in [0.15, 0.2) is 0 Å². The SMILES string of the molecule is CC(C)C1CCCC(NC2CCN(C3CC3)CC2)CC1. The normalized spacial score (nSPS) is 34.4. The lowest BCUT2D eigenvalue weighted by Gasteiger charge is -2.34. The van der Waals surface area contributed by atoms with E-state index in [2.05, 4.69) is 24.1 Å². The third kappa shape index (κ3) is 3.98. The van der Waals surface area contributed by atoms with Crippen molar-refractivity contribution in [1.29, 1.82) is 0 Å². The van der Waals surface area contributed by atoms with Crippen LogP contribution in [0, 0.1) is 11.8 Å². The van der Waals surface area contributed by atoms with E-state index >= 15 is 0 Å². The Labute approximate surface area is 125 Å². The van der Waals surface area contributed by atoms with Crippen molar-refractivity contribution in [3.05, 3.63) is 0 Å². The molecule has 2 saturated carbocycles. The zero-order valence-electron chi connectivity index (χ0n) is 13.6. The Kier molecular flexibility index (Phi) is 5.04. The Bertz CT molecular complexity index is 290. The first-order valence-electron chi connectivity index (χ1n) is 9.22. The van der Waals surface area contributed by atoms with Gasteiger partial charge in [-0.15, -0.1) is 0 Å². The molecule has 0 bridgehead atoms. The molecular weight excluding hydrogens is 244 g/mol. The molecule has 0 aromatic heterocycles. The van der Waals surface area contributed by atoms with Crippen LogP contribution in [0.4, 0.5) is 0 Å². The number of piperidine rings is 1. The molecule has 3 fully saturated rings. The fourth-order valence-electron chi connectivity index (χ4n) is 4.37. The van der Waals surface area contributed by atoms with Crippen LogP contribution in [0.3, 0.4) is 0 Å². The number of likely N-dealkylation sites (tertiary alicyclic amines) is 1. The van der Waals surface area contributed by atoms with Gasteiger partial charge in [0.2, 0.25) is 0 Å². The van der Waals surface area contributed by atoms with Crippen LogP contribution in [0.15, 0.2) is 0 Å². The van der Waals surface area contributed by atoms with E-state index in [0.717, 1.165) is 30.0 Å². The second-order valence-electron chi connectivity index (χ2n) is 7.92. The summed E-state index contributed by atoms with van der Waals surface area (Å²) in [7, 11) is 0. The molecule has 0 amide bonds. The van der Waals surface area contributed by atoms with Crippen LogP contribution in [-0.4, -0.2) is 36.1 Å². The Morgan fingerprint density at radius 3 is 2.15 bits per heavy atom. The van der Waals surface area contributed by atoms with E-state index in [1.54, 1.807) is 0 Å². The lowest BCUT2D eigenvalue weighted by atomic mass is 9.89. The molecule has 1 heterocycles. The summed E-state index contributed by atoms with van der Waals surface area (Å²) in [4.78, 5) is 2.74. The van der Waals surface area contributed by atoms with Gasteiger partial charge in [0, 0.05) is 18.1 Å². The van der Waals surface area contributed by atoms with E-state index in [-0.39, 0.29) is 0 Å². The molecule has 2 aliphatic carbocycles. The van der Waals surface area contributed by atoms with E-state index in [1.807, 2.05) is 0 Å². The van der Waals surface area contributed by atoms with E-state index in [1.165, 1.54) is 70.9 Å². The first-order chi connectivity index (χ1) is 9.72. The van der Waals surface area contributed by atoms with Gasteiger partial charge in [-0.2, -0.15) is 0 Å². The fourth-order valence-corrected chi connectivity index (χ4v) is 4.37. The van der Waals surface area contributed by atoms with Crippen molar-refractivity contribution in [1.82, 2.24) is 10.2 Å². The standard InChI is InChI=1S/C18H34N2/c1-14(2)15-4-3-5-16(7-6-15)19-17-10-12-20(13-11-17)18-8-9-18/h14-19H,3-13H2,1-2H3. The highest BCUT2D eigenvalue weighted by Gasteiger charge is 2.32. The summed E-state index contributed by atoms with van der Waals surface area (Å²) in [6, 6.07) is 2.60. The average molecular weight is 278 g/mol. The zero-order valence-corrected chi connectivity index (χ0v) is 13.6. The van der Waals surface area contributed by atoms with Crippen LogP contribution in [0.2, 0.25) is 0 Å². The third-order valence-electron chi connectivity index (χ3n) is 6.02. The largest absolute Gasteiger partial charge is 0.311 e. The topological polar surface area (TPSA) is 15.3 Å². The quantitative estimate of drug-likeness (QED) is 0.787. The number of rotatable bonds is 4. The van der Waals surface area contributed by atoms with Crippen molar-refractivity contribution in [3.8, 4) is 0 Å². The molecule has 2 heteroatoms. The second kappa shape index (κ2) is 6.79. The fraction of sp³-hybridized carbons (Fsp3) is 1.00. The van der Waals surface area contributed by atoms with Crippen LogP contribution in [0.1, 0.15) is 71.6 Å². The maximum Gasteiger partial charge on any atom is 0.00964 e. The first-order valence-corrected chi connectivity index (χ1v) is 9.22. The number of hydrogen-bond acceptors (Lipinski definition) is 2. The van der Waals surface area contributed by atoms with Crippen molar-refractivity contribution in [2.45, 2.75) is 89.8 Å². The summed E-state index contributed by atoms with van der Waals surface area (Å²) in [5, 5.41) is 4.01. The first kappa shape index (κ1) is 14.8. The number of nitrogens with zero attached hydrogens (tertiary/aromatic N) is 1. The molecule has 0 aromatic carbocycles. The minimum absolute atomic E-state index is 0.811. The molecule has 0 radical (unpaired) electrons. The molecule has 2 atom stereocenters.